The lowest BCUT2D eigenvalue weighted by Crippen LogP contribution is -2.50. The summed E-state index contributed by atoms with van der Waals surface area (Å²) in [4.78, 5) is 13.0. The van der Waals surface area contributed by atoms with Crippen LogP contribution in [0.5, 0.6) is 5.75 Å². The van der Waals surface area contributed by atoms with Gasteiger partial charge in [-0.05, 0) is 39.4 Å². The first kappa shape index (κ1) is 22.1. The average Bonchev–Trinajstić information content (AvgIpc) is 2.75. The van der Waals surface area contributed by atoms with Crippen LogP contribution in [0, 0.1) is 0 Å². The molecule has 1 amide bonds. The predicted molar refractivity (Wildman–Crippen MR) is 128 cm³/mol. The number of hydrogen-bond donors (Lipinski definition) is 1. The highest BCUT2D eigenvalue weighted by atomic mass is 32.2. The molecule has 6 nitrogen and oxygen atoms in total. The number of carbonyl (C=O) groups excluding carboxylic acids is 1. The minimum Gasteiger partial charge on any atom is -0.476 e. The topological polar surface area (TPSA) is 75.7 Å². The van der Waals surface area contributed by atoms with Gasteiger partial charge in [0.05, 0.1) is 18.5 Å². The fourth-order valence-electron chi connectivity index (χ4n) is 3.91. The number of ether oxygens (including phenoxy) is 1. The number of fused-ring (bicyclic) bond motifs is 2. The molecule has 4 rings (SSSR count). The second kappa shape index (κ2) is 8.13. The molecule has 0 unspecified atom stereocenters. The second-order valence-electron chi connectivity index (χ2n) is 9.19. The Kier molecular flexibility index (Phi) is 5.63. The van der Waals surface area contributed by atoms with Crippen molar-refractivity contribution in [3.05, 3.63) is 71.8 Å². The predicted octanol–water partition coefficient (Wildman–Crippen LogP) is 3.98. The van der Waals surface area contributed by atoms with E-state index in [4.69, 9.17) is 4.74 Å². The largest absolute Gasteiger partial charge is 0.476 e. The van der Waals surface area contributed by atoms with Crippen LogP contribution in [0.15, 0.2) is 60.7 Å². The number of hydrogen-bond acceptors (Lipinski definition) is 4. The Labute approximate surface area is 189 Å². The fourth-order valence-corrected chi connectivity index (χ4v) is 4.82. The summed E-state index contributed by atoms with van der Waals surface area (Å²) in [6.07, 6.45) is 0.212. The molecule has 0 aromatic heterocycles. The lowest BCUT2D eigenvalue weighted by molar-refractivity contribution is -0.127. The van der Waals surface area contributed by atoms with Crippen molar-refractivity contribution in [1.82, 2.24) is 5.32 Å². The molecular formula is C25H28N2O4S. The summed E-state index contributed by atoms with van der Waals surface area (Å²) in [5.74, 6) is 0.0390. The van der Waals surface area contributed by atoms with Crippen LogP contribution < -0.4 is 14.4 Å². The van der Waals surface area contributed by atoms with Gasteiger partial charge in [0.2, 0.25) is 10.0 Å². The quantitative estimate of drug-likeness (QED) is 0.650. The Hall–Kier alpha value is -3.06. The highest BCUT2D eigenvalue weighted by Crippen LogP contribution is 2.38. The molecule has 168 valence electrons. The highest BCUT2D eigenvalue weighted by Gasteiger charge is 2.35. The van der Waals surface area contributed by atoms with Crippen molar-refractivity contribution in [2.24, 2.45) is 0 Å². The van der Waals surface area contributed by atoms with Crippen LogP contribution >= 0.6 is 0 Å². The van der Waals surface area contributed by atoms with Crippen LogP contribution in [0.3, 0.4) is 0 Å². The second-order valence-corrected chi connectivity index (χ2v) is 11.1. The SMILES string of the molecule is CC(C)(C)c1ccc2c(c1)N(S(C)(=O)=O)C[C@H](C(=O)NCc1cccc3ccccc13)O2. The molecule has 7 heteroatoms. The first-order valence-electron chi connectivity index (χ1n) is 10.6. The van der Waals surface area contributed by atoms with Crippen LogP contribution in [-0.4, -0.2) is 33.2 Å². The zero-order valence-electron chi connectivity index (χ0n) is 18.8. The van der Waals surface area contributed by atoms with E-state index in [9.17, 15) is 13.2 Å². The van der Waals surface area contributed by atoms with Crippen molar-refractivity contribution in [2.45, 2.75) is 38.8 Å². The molecular weight excluding hydrogens is 424 g/mol. The molecule has 0 saturated heterocycles. The smallest absolute Gasteiger partial charge is 0.263 e. The van der Waals surface area contributed by atoms with Crippen LogP contribution in [0.1, 0.15) is 31.9 Å². The van der Waals surface area contributed by atoms with Crippen molar-refractivity contribution in [1.29, 1.82) is 0 Å². The number of benzene rings is 3. The van der Waals surface area contributed by atoms with Crippen molar-refractivity contribution >= 4 is 32.4 Å². The highest BCUT2D eigenvalue weighted by molar-refractivity contribution is 7.92. The molecule has 3 aromatic rings. The molecule has 32 heavy (non-hydrogen) atoms. The first-order chi connectivity index (χ1) is 15.0. The van der Waals surface area contributed by atoms with Crippen LogP contribution in [0.2, 0.25) is 0 Å². The van der Waals surface area contributed by atoms with Crippen molar-refractivity contribution in [3.8, 4) is 5.75 Å². The van der Waals surface area contributed by atoms with Gasteiger partial charge in [-0.1, -0.05) is 69.3 Å². The Morgan fingerprint density at radius 1 is 1.09 bits per heavy atom. The van der Waals surface area contributed by atoms with E-state index in [0.717, 1.165) is 28.2 Å². The van der Waals surface area contributed by atoms with Gasteiger partial charge < -0.3 is 10.1 Å². The Morgan fingerprint density at radius 3 is 2.53 bits per heavy atom. The molecule has 0 radical (unpaired) electrons. The third-order valence-electron chi connectivity index (χ3n) is 5.72. The standard InChI is InChI=1S/C25H28N2O4S/c1-25(2,3)19-12-13-22-21(14-19)27(32(4,29)30)16-23(31-22)24(28)26-15-18-10-7-9-17-8-5-6-11-20(17)18/h5-14,23H,15-16H2,1-4H3,(H,26,28)/t23-/m1/s1. The molecule has 1 atom stereocenters. The number of nitrogens with one attached hydrogen (secondary N) is 1. The summed E-state index contributed by atoms with van der Waals surface area (Å²) in [6.45, 7) is 6.45. The summed E-state index contributed by atoms with van der Waals surface area (Å²) in [5, 5.41) is 5.08. The number of amides is 1. The lowest BCUT2D eigenvalue weighted by atomic mass is 9.86. The molecule has 1 aliphatic rings. The van der Waals surface area contributed by atoms with Crippen molar-refractivity contribution in [3.63, 3.8) is 0 Å². The molecule has 0 fully saturated rings. The van der Waals surface area contributed by atoms with E-state index in [-0.39, 0.29) is 17.9 Å². The van der Waals surface area contributed by atoms with Gasteiger partial charge >= 0.3 is 0 Å². The minimum absolute atomic E-state index is 0.0687. The third-order valence-corrected chi connectivity index (χ3v) is 6.87. The third kappa shape index (κ3) is 4.43. The first-order valence-corrected chi connectivity index (χ1v) is 12.4. The van der Waals surface area contributed by atoms with Crippen molar-refractivity contribution in [2.75, 3.05) is 17.1 Å². The molecule has 0 bridgehead atoms. The van der Waals surface area contributed by atoms with Gasteiger partial charge in [-0.25, -0.2) is 8.42 Å². The normalized spacial score (nSPS) is 16.4. The number of anilines is 1. The average molecular weight is 453 g/mol. The summed E-state index contributed by atoms with van der Waals surface area (Å²) in [7, 11) is -3.59. The molecule has 0 spiro atoms. The molecule has 1 N–H and O–H groups in total. The van der Waals surface area contributed by atoms with Gasteiger partial charge in [0.25, 0.3) is 5.91 Å². The Morgan fingerprint density at radius 2 is 1.81 bits per heavy atom. The number of sulfonamides is 1. The maximum absolute atomic E-state index is 13.0. The van der Waals surface area contributed by atoms with E-state index >= 15 is 0 Å². The minimum atomic E-state index is -3.59. The van der Waals surface area contributed by atoms with Gasteiger partial charge in [-0.2, -0.15) is 0 Å². The zero-order chi connectivity index (χ0) is 23.1. The van der Waals surface area contributed by atoms with Gasteiger partial charge in [0, 0.05) is 6.54 Å². The van der Waals surface area contributed by atoms with E-state index < -0.39 is 16.1 Å². The molecule has 1 aliphatic heterocycles. The summed E-state index contributed by atoms with van der Waals surface area (Å²) in [5.41, 5.74) is 2.30. The number of carbonyl (C=O) groups is 1. The zero-order valence-corrected chi connectivity index (χ0v) is 19.6. The van der Waals surface area contributed by atoms with Crippen LogP contribution in [0.25, 0.3) is 10.8 Å². The maximum atomic E-state index is 13.0. The molecule has 0 saturated carbocycles. The number of rotatable bonds is 4. The molecule has 3 aromatic carbocycles. The lowest BCUT2D eigenvalue weighted by Gasteiger charge is -2.35. The van der Waals surface area contributed by atoms with E-state index in [2.05, 4.69) is 26.1 Å². The van der Waals surface area contributed by atoms with Crippen LogP contribution in [-0.2, 0) is 26.8 Å². The van der Waals surface area contributed by atoms with Crippen molar-refractivity contribution < 1.29 is 17.9 Å². The molecule has 0 aliphatic carbocycles. The summed E-state index contributed by atoms with van der Waals surface area (Å²) >= 11 is 0. The number of nitrogens with zero attached hydrogens (tertiary/aromatic N) is 1. The van der Waals surface area contributed by atoms with Gasteiger partial charge in [-0.15, -0.1) is 0 Å². The van der Waals surface area contributed by atoms with E-state index in [1.807, 2.05) is 54.6 Å². The summed E-state index contributed by atoms with van der Waals surface area (Å²) in [6, 6.07) is 19.4. The van der Waals surface area contributed by atoms with E-state index in [1.165, 1.54) is 4.31 Å². The summed E-state index contributed by atoms with van der Waals surface area (Å²) < 4.78 is 32.3. The van der Waals surface area contributed by atoms with E-state index in [1.54, 1.807) is 6.07 Å². The van der Waals surface area contributed by atoms with Crippen LogP contribution in [0.4, 0.5) is 5.69 Å². The Bertz CT molecular complexity index is 1270. The Balaban J connectivity index is 1.58. The maximum Gasteiger partial charge on any atom is 0.263 e. The van der Waals surface area contributed by atoms with E-state index in [0.29, 0.717) is 18.0 Å². The monoisotopic (exact) mass is 452 g/mol. The van der Waals surface area contributed by atoms with Gasteiger partial charge in [0.1, 0.15) is 5.75 Å². The molecule has 1 heterocycles. The van der Waals surface area contributed by atoms with Gasteiger partial charge in [0.15, 0.2) is 6.10 Å². The fraction of sp³-hybridized carbons (Fsp3) is 0.320. The van der Waals surface area contributed by atoms with Gasteiger partial charge in [-0.3, -0.25) is 9.10 Å².